The number of thiophene rings is 1. The smallest absolute Gasteiger partial charge is 0.261 e. The minimum Gasteiger partial charge on any atom is -0.348 e. The van der Waals surface area contributed by atoms with E-state index in [1.54, 1.807) is 6.07 Å². The highest BCUT2D eigenvalue weighted by Gasteiger charge is 2.48. The highest BCUT2D eigenvalue weighted by atomic mass is 35.5. The number of carbonyl (C=O) groups excluding carboxylic acids is 1. The van der Waals surface area contributed by atoms with Crippen molar-refractivity contribution in [3.63, 3.8) is 0 Å². The number of hydrogen-bond donors (Lipinski definition) is 1. The molecular weight excluding hydrogens is 388 g/mol. The molecule has 0 spiro atoms. The van der Waals surface area contributed by atoms with E-state index in [2.05, 4.69) is 18.8 Å². The van der Waals surface area contributed by atoms with Crippen molar-refractivity contribution in [2.45, 2.75) is 51.5 Å². The fourth-order valence-electron chi connectivity index (χ4n) is 4.16. The van der Waals surface area contributed by atoms with Gasteiger partial charge in [0, 0.05) is 6.04 Å². The summed E-state index contributed by atoms with van der Waals surface area (Å²) >= 11 is 6.68. The highest BCUT2D eigenvalue weighted by Crippen LogP contribution is 2.52. The topological polar surface area (TPSA) is 29.1 Å². The van der Waals surface area contributed by atoms with E-state index in [0.717, 1.165) is 49.9 Å². The molecular formula is C21H22ClF2NOS. The Bertz CT molecular complexity index is 924. The van der Waals surface area contributed by atoms with Crippen molar-refractivity contribution in [1.82, 2.24) is 5.32 Å². The number of halogens is 3. The number of benzene rings is 1. The molecule has 144 valence electrons. The van der Waals surface area contributed by atoms with E-state index in [9.17, 15) is 13.6 Å². The monoisotopic (exact) mass is 409 g/mol. The van der Waals surface area contributed by atoms with E-state index >= 15 is 0 Å². The molecule has 2 nitrogen and oxygen atoms in total. The third-order valence-corrected chi connectivity index (χ3v) is 7.64. The van der Waals surface area contributed by atoms with Crippen LogP contribution in [0.25, 0.3) is 10.1 Å². The van der Waals surface area contributed by atoms with Crippen molar-refractivity contribution >= 4 is 38.9 Å². The summed E-state index contributed by atoms with van der Waals surface area (Å²) in [6.07, 6.45) is 6.33. The molecule has 4 rings (SSSR count). The molecule has 0 unspecified atom stereocenters. The van der Waals surface area contributed by atoms with Gasteiger partial charge in [0.25, 0.3) is 5.91 Å². The first-order valence-electron chi connectivity index (χ1n) is 9.33. The van der Waals surface area contributed by atoms with Gasteiger partial charge in [-0.3, -0.25) is 4.79 Å². The summed E-state index contributed by atoms with van der Waals surface area (Å²) < 4.78 is 28.1. The Balaban J connectivity index is 1.59. The average Bonchev–Trinajstić information content (AvgIpc) is 3.24. The Morgan fingerprint density at radius 1 is 1.33 bits per heavy atom. The Labute approximate surface area is 166 Å². The molecule has 6 heteroatoms. The standard InChI is InChI=1S/C21H22ClF2NOS/c1-11-3-5-12(6-4-11)19(21(2)7-8-21)25-20(26)15-10-13-9-14(23)16(22)17(24)18(13)27-15/h9-10,12,19H,1,3-8H2,2H3,(H,25,26)/t19-/m1/s1. The molecule has 2 aromatic rings. The maximum absolute atomic E-state index is 14.2. The van der Waals surface area contributed by atoms with E-state index in [-0.39, 0.29) is 22.1 Å². The fourth-order valence-corrected chi connectivity index (χ4v) is 5.35. The number of nitrogens with one attached hydrogen (secondary N) is 1. The van der Waals surface area contributed by atoms with Crippen molar-refractivity contribution in [1.29, 1.82) is 0 Å². The van der Waals surface area contributed by atoms with Gasteiger partial charge in [-0.25, -0.2) is 8.78 Å². The second-order valence-electron chi connectivity index (χ2n) is 8.21. The second kappa shape index (κ2) is 6.85. The van der Waals surface area contributed by atoms with Crippen molar-refractivity contribution in [2.75, 3.05) is 0 Å². The summed E-state index contributed by atoms with van der Waals surface area (Å²) in [5, 5.41) is 3.07. The summed E-state index contributed by atoms with van der Waals surface area (Å²) in [7, 11) is 0. The maximum atomic E-state index is 14.2. The van der Waals surface area contributed by atoms with Crippen LogP contribution in [0.2, 0.25) is 5.02 Å². The Kier molecular flexibility index (Phi) is 4.79. The molecule has 0 saturated heterocycles. The van der Waals surface area contributed by atoms with Crippen LogP contribution < -0.4 is 5.32 Å². The molecule has 1 aromatic carbocycles. The van der Waals surface area contributed by atoms with Gasteiger partial charge in [0.2, 0.25) is 0 Å². The normalized spacial score (nSPS) is 20.7. The summed E-state index contributed by atoms with van der Waals surface area (Å²) in [5.41, 5.74) is 1.42. The fraction of sp³-hybridized carbons (Fsp3) is 0.476. The SMILES string of the molecule is C=C1CCC([C@@H](NC(=O)c2cc3cc(F)c(Cl)c(F)c3s2)C2(C)CC2)CC1. The number of hydrogen-bond acceptors (Lipinski definition) is 2. The lowest BCUT2D eigenvalue weighted by atomic mass is 9.76. The average molecular weight is 410 g/mol. The summed E-state index contributed by atoms with van der Waals surface area (Å²) in [5.74, 6) is -1.39. The molecule has 2 fully saturated rings. The zero-order valence-electron chi connectivity index (χ0n) is 15.2. The lowest BCUT2D eigenvalue weighted by Gasteiger charge is -2.35. The zero-order valence-corrected chi connectivity index (χ0v) is 16.8. The molecule has 0 aliphatic heterocycles. The lowest BCUT2D eigenvalue weighted by molar-refractivity contribution is 0.0886. The first kappa shape index (κ1) is 18.9. The lowest BCUT2D eigenvalue weighted by Crippen LogP contribution is -2.46. The first-order chi connectivity index (χ1) is 12.8. The maximum Gasteiger partial charge on any atom is 0.261 e. The zero-order chi connectivity index (χ0) is 19.3. The van der Waals surface area contributed by atoms with Gasteiger partial charge in [-0.05, 0) is 67.4 Å². The van der Waals surface area contributed by atoms with Crippen molar-refractivity contribution in [3.05, 3.63) is 45.8 Å². The third-order valence-electron chi connectivity index (χ3n) is 6.15. The van der Waals surface area contributed by atoms with Crippen molar-refractivity contribution in [3.8, 4) is 0 Å². The van der Waals surface area contributed by atoms with Gasteiger partial charge in [0.05, 0.1) is 9.58 Å². The van der Waals surface area contributed by atoms with Crippen LogP contribution in [0.1, 0.15) is 55.1 Å². The number of amides is 1. The molecule has 27 heavy (non-hydrogen) atoms. The molecule has 0 radical (unpaired) electrons. The largest absolute Gasteiger partial charge is 0.348 e. The van der Waals surface area contributed by atoms with Gasteiger partial charge in [-0.2, -0.15) is 0 Å². The number of carbonyl (C=O) groups is 1. The van der Waals surface area contributed by atoms with Gasteiger partial charge >= 0.3 is 0 Å². The predicted octanol–water partition coefficient (Wildman–Crippen LogP) is 6.48. The van der Waals surface area contributed by atoms with Gasteiger partial charge in [-0.15, -0.1) is 11.3 Å². The molecule has 1 aromatic heterocycles. The van der Waals surface area contributed by atoms with Crippen LogP contribution in [-0.4, -0.2) is 11.9 Å². The second-order valence-corrected chi connectivity index (χ2v) is 9.64. The molecule has 1 heterocycles. The predicted molar refractivity (Wildman–Crippen MR) is 106 cm³/mol. The molecule has 2 aliphatic rings. The molecule has 1 N–H and O–H groups in total. The highest BCUT2D eigenvalue weighted by molar-refractivity contribution is 7.20. The van der Waals surface area contributed by atoms with Crippen LogP contribution in [0.5, 0.6) is 0 Å². The molecule has 2 aliphatic carbocycles. The van der Waals surface area contributed by atoms with Gasteiger partial charge in [-0.1, -0.05) is 30.7 Å². The quantitative estimate of drug-likeness (QED) is 0.454. The number of rotatable bonds is 4. The van der Waals surface area contributed by atoms with E-state index in [1.807, 2.05) is 0 Å². The Morgan fingerprint density at radius 2 is 2.00 bits per heavy atom. The molecule has 1 amide bonds. The summed E-state index contributed by atoms with van der Waals surface area (Å²) in [4.78, 5) is 13.3. The molecule has 0 bridgehead atoms. The minimum absolute atomic E-state index is 0.105. The first-order valence-corrected chi connectivity index (χ1v) is 10.5. The minimum atomic E-state index is -0.808. The van der Waals surface area contributed by atoms with E-state index in [1.165, 1.54) is 11.6 Å². The van der Waals surface area contributed by atoms with E-state index < -0.39 is 16.7 Å². The summed E-state index contributed by atoms with van der Waals surface area (Å²) in [6.45, 7) is 6.30. The van der Waals surface area contributed by atoms with Crippen molar-refractivity contribution < 1.29 is 13.6 Å². The third kappa shape index (κ3) is 3.52. The van der Waals surface area contributed by atoms with E-state index in [4.69, 9.17) is 11.6 Å². The Morgan fingerprint density at radius 3 is 2.63 bits per heavy atom. The molecule has 2 saturated carbocycles. The van der Waals surface area contributed by atoms with Crippen LogP contribution in [0.15, 0.2) is 24.3 Å². The van der Waals surface area contributed by atoms with Crippen LogP contribution in [-0.2, 0) is 0 Å². The Hall–Kier alpha value is -1.46. The van der Waals surface area contributed by atoms with E-state index in [0.29, 0.717) is 16.2 Å². The van der Waals surface area contributed by atoms with Crippen molar-refractivity contribution in [2.24, 2.45) is 11.3 Å². The van der Waals surface area contributed by atoms with Crippen LogP contribution in [0.4, 0.5) is 8.78 Å². The molecule has 1 atom stereocenters. The number of allylic oxidation sites excluding steroid dienone is 1. The number of fused-ring (bicyclic) bond motifs is 1. The van der Waals surface area contributed by atoms with Crippen LogP contribution in [0, 0.1) is 23.0 Å². The summed E-state index contributed by atoms with van der Waals surface area (Å²) in [6, 6.07) is 2.83. The van der Waals surface area contributed by atoms with Crippen LogP contribution >= 0.6 is 22.9 Å². The van der Waals surface area contributed by atoms with Gasteiger partial charge in [0.1, 0.15) is 10.8 Å². The van der Waals surface area contributed by atoms with Crippen LogP contribution in [0.3, 0.4) is 0 Å². The van der Waals surface area contributed by atoms with Gasteiger partial charge in [0.15, 0.2) is 5.82 Å². The van der Waals surface area contributed by atoms with Gasteiger partial charge < -0.3 is 5.32 Å².